The number of hydrogen-bond acceptors (Lipinski definition) is 4. The van der Waals surface area contributed by atoms with Crippen molar-refractivity contribution in [2.24, 2.45) is 0 Å². The number of nitrogens with zero attached hydrogens (tertiary/aromatic N) is 1. The van der Waals surface area contributed by atoms with Gasteiger partial charge in [-0.2, -0.15) is 0 Å². The third kappa shape index (κ3) is 5.32. The van der Waals surface area contributed by atoms with E-state index in [1.165, 1.54) is 5.56 Å². The molecule has 1 saturated heterocycles. The lowest BCUT2D eigenvalue weighted by Crippen LogP contribution is -2.45. The van der Waals surface area contributed by atoms with Crippen LogP contribution in [-0.2, 0) is 20.7 Å². The lowest BCUT2D eigenvalue weighted by Gasteiger charge is -2.38. The summed E-state index contributed by atoms with van der Waals surface area (Å²) in [5, 5.41) is 3.15. The highest BCUT2D eigenvalue weighted by Gasteiger charge is 2.34. The van der Waals surface area contributed by atoms with E-state index in [1.54, 1.807) is 18.0 Å². The van der Waals surface area contributed by atoms with Crippen molar-refractivity contribution in [1.29, 1.82) is 0 Å². The number of hydrogen-bond donors (Lipinski definition) is 1. The van der Waals surface area contributed by atoms with Gasteiger partial charge in [0.15, 0.2) is 0 Å². The first-order chi connectivity index (χ1) is 12.7. The molecule has 0 saturated carbocycles. The van der Waals surface area contributed by atoms with Gasteiger partial charge in [-0.25, -0.2) is 0 Å². The Kier molecular flexibility index (Phi) is 7.11. The first-order valence-corrected chi connectivity index (χ1v) is 10.7. The zero-order valence-corrected chi connectivity index (χ0v) is 17.0. The summed E-state index contributed by atoms with van der Waals surface area (Å²) in [6.45, 7) is 2.12. The molecule has 26 heavy (non-hydrogen) atoms. The molecular weight excluding hydrogens is 412 g/mol. The summed E-state index contributed by atoms with van der Waals surface area (Å²) in [6.07, 6.45) is 5.45. The number of rotatable bonds is 7. The molecule has 0 unspecified atom stereocenters. The second kappa shape index (κ2) is 9.53. The van der Waals surface area contributed by atoms with Gasteiger partial charge in [0.25, 0.3) is 0 Å². The number of benzene rings is 1. The molecule has 1 aliphatic rings. The zero-order valence-electron chi connectivity index (χ0n) is 14.6. The van der Waals surface area contributed by atoms with Crippen LogP contribution in [-0.4, -0.2) is 36.4 Å². The van der Waals surface area contributed by atoms with Crippen molar-refractivity contribution in [1.82, 2.24) is 10.3 Å². The van der Waals surface area contributed by atoms with Gasteiger partial charge in [0.1, 0.15) is 0 Å². The summed E-state index contributed by atoms with van der Waals surface area (Å²) < 4.78 is 6.63. The van der Waals surface area contributed by atoms with Crippen molar-refractivity contribution in [2.75, 3.05) is 25.5 Å². The van der Waals surface area contributed by atoms with Crippen LogP contribution in [0.25, 0.3) is 0 Å². The predicted molar refractivity (Wildman–Crippen MR) is 109 cm³/mol. The molecule has 0 spiro atoms. The maximum Gasteiger partial charge on any atom is 0.230 e. The van der Waals surface area contributed by atoms with Crippen molar-refractivity contribution in [3.05, 3.63) is 64.4 Å². The van der Waals surface area contributed by atoms with Gasteiger partial charge >= 0.3 is 0 Å². The standard InChI is InChI=1S/C20H23BrN2O2S/c21-18-5-1-4-17(11-18)20(6-9-25-10-7-20)15-23-19(24)14-26-13-16-3-2-8-22-12-16/h1-5,8,11-12H,6-7,9-10,13-15H2,(H,23,24). The number of carbonyl (C=O) groups is 1. The van der Waals surface area contributed by atoms with E-state index in [-0.39, 0.29) is 11.3 Å². The van der Waals surface area contributed by atoms with Crippen LogP contribution in [0.5, 0.6) is 0 Å². The summed E-state index contributed by atoms with van der Waals surface area (Å²) in [6, 6.07) is 12.4. The topological polar surface area (TPSA) is 51.2 Å². The number of ether oxygens (including phenoxy) is 1. The molecule has 0 atom stereocenters. The highest BCUT2D eigenvalue weighted by atomic mass is 79.9. The molecule has 6 heteroatoms. The largest absolute Gasteiger partial charge is 0.381 e. The molecule has 3 rings (SSSR count). The smallest absolute Gasteiger partial charge is 0.230 e. The monoisotopic (exact) mass is 434 g/mol. The first kappa shape index (κ1) is 19.4. The minimum Gasteiger partial charge on any atom is -0.381 e. The lowest BCUT2D eigenvalue weighted by atomic mass is 9.74. The van der Waals surface area contributed by atoms with Gasteiger partial charge in [-0.1, -0.05) is 34.1 Å². The average molecular weight is 435 g/mol. The second-order valence-electron chi connectivity index (χ2n) is 6.53. The molecule has 4 nitrogen and oxygen atoms in total. The van der Waals surface area contributed by atoms with Crippen LogP contribution in [0.2, 0.25) is 0 Å². The fourth-order valence-electron chi connectivity index (χ4n) is 3.21. The molecule has 2 aromatic rings. The molecule has 0 bridgehead atoms. The minimum absolute atomic E-state index is 0.0499. The van der Waals surface area contributed by atoms with Crippen LogP contribution in [0.3, 0.4) is 0 Å². The summed E-state index contributed by atoms with van der Waals surface area (Å²) in [5.41, 5.74) is 2.35. The van der Waals surface area contributed by atoms with Gasteiger partial charge in [0, 0.05) is 47.8 Å². The van der Waals surface area contributed by atoms with Crippen molar-refractivity contribution in [3.8, 4) is 0 Å². The maximum atomic E-state index is 12.3. The van der Waals surface area contributed by atoms with E-state index in [0.29, 0.717) is 12.3 Å². The van der Waals surface area contributed by atoms with E-state index >= 15 is 0 Å². The Hall–Kier alpha value is -1.37. The number of carbonyl (C=O) groups excluding carboxylic acids is 1. The zero-order chi connectivity index (χ0) is 18.2. The number of halogens is 1. The Morgan fingerprint density at radius 1 is 1.27 bits per heavy atom. The molecule has 1 aromatic carbocycles. The Bertz CT molecular complexity index is 721. The fourth-order valence-corrected chi connectivity index (χ4v) is 4.41. The Morgan fingerprint density at radius 3 is 2.85 bits per heavy atom. The SMILES string of the molecule is O=C(CSCc1cccnc1)NCC1(c2cccc(Br)c2)CCOCC1. The van der Waals surface area contributed by atoms with Crippen molar-refractivity contribution < 1.29 is 9.53 Å². The average Bonchev–Trinajstić information content (AvgIpc) is 2.68. The van der Waals surface area contributed by atoms with E-state index in [1.807, 2.05) is 24.4 Å². The van der Waals surface area contributed by atoms with Crippen LogP contribution >= 0.6 is 27.7 Å². The van der Waals surface area contributed by atoms with Crippen LogP contribution in [0.1, 0.15) is 24.0 Å². The number of aromatic nitrogens is 1. The minimum atomic E-state index is -0.0499. The van der Waals surface area contributed by atoms with E-state index < -0.39 is 0 Å². The summed E-state index contributed by atoms with van der Waals surface area (Å²) in [5.74, 6) is 1.34. The summed E-state index contributed by atoms with van der Waals surface area (Å²) >= 11 is 5.18. The van der Waals surface area contributed by atoms with Crippen LogP contribution in [0, 0.1) is 0 Å². The molecule has 138 valence electrons. The number of thioether (sulfide) groups is 1. The lowest BCUT2D eigenvalue weighted by molar-refractivity contribution is -0.119. The van der Waals surface area contributed by atoms with Crippen LogP contribution in [0.15, 0.2) is 53.3 Å². The molecule has 0 aliphatic carbocycles. The van der Waals surface area contributed by atoms with Crippen molar-refractivity contribution in [2.45, 2.75) is 24.0 Å². The molecule has 1 aromatic heterocycles. The van der Waals surface area contributed by atoms with Gasteiger partial charge in [-0.15, -0.1) is 11.8 Å². The second-order valence-corrected chi connectivity index (χ2v) is 8.44. The number of nitrogens with one attached hydrogen (secondary N) is 1. The van der Waals surface area contributed by atoms with Gasteiger partial charge in [-0.05, 0) is 42.2 Å². The van der Waals surface area contributed by atoms with Crippen molar-refractivity contribution >= 4 is 33.6 Å². The third-order valence-corrected chi connectivity index (χ3v) is 6.23. The summed E-state index contributed by atoms with van der Waals surface area (Å²) in [4.78, 5) is 16.4. The van der Waals surface area contributed by atoms with Gasteiger partial charge in [0.2, 0.25) is 5.91 Å². The van der Waals surface area contributed by atoms with Gasteiger partial charge < -0.3 is 10.1 Å². The molecular formula is C20H23BrN2O2S. The third-order valence-electron chi connectivity index (χ3n) is 4.74. The quantitative estimate of drug-likeness (QED) is 0.716. The molecule has 2 heterocycles. The highest BCUT2D eigenvalue weighted by molar-refractivity contribution is 9.10. The summed E-state index contributed by atoms with van der Waals surface area (Å²) in [7, 11) is 0. The Labute approximate surface area is 167 Å². The van der Waals surface area contributed by atoms with Gasteiger partial charge in [0.05, 0.1) is 5.75 Å². The predicted octanol–water partition coefficient (Wildman–Crippen LogP) is 3.94. The number of pyridine rings is 1. The van der Waals surface area contributed by atoms with Crippen LogP contribution in [0.4, 0.5) is 0 Å². The molecule has 1 amide bonds. The van der Waals surface area contributed by atoms with E-state index in [0.717, 1.165) is 41.8 Å². The van der Waals surface area contributed by atoms with Gasteiger partial charge in [-0.3, -0.25) is 9.78 Å². The fraction of sp³-hybridized carbons (Fsp3) is 0.400. The molecule has 0 radical (unpaired) electrons. The Morgan fingerprint density at radius 2 is 2.12 bits per heavy atom. The maximum absolute atomic E-state index is 12.3. The van der Waals surface area contributed by atoms with Crippen molar-refractivity contribution in [3.63, 3.8) is 0 Å². The van der Waals surface area contributed by atoms with Crippen LogP contribution < -0.4 is 5.32 Å². The first-order valence-electron chi connectivity index (χ1n) is 8.75. The number of amides is 1. The van der Waals surface area contributed by atoms with E-state index in [2.05, 4.69) is 44.4 Å². The normalized spacial score (nSPS) is 16.2. The Balaban J connectivity index is 1.55. The molecule has 1 aliphatic heterocycles. The highest BCUT2D eigenvalue weighted by Crippen LogP contribution is 2.35. The van der Waals surface area contributed by atoms with E-state index in [9.17, 15) is 4.79 Å². The molecule has 1 N–H and O–H groups in total. The van der Waals surface area contributed by atoms with E-state index in [4.69, 9.17) is 4.74 Å². The molecule has 1 fully saturated rings.